The van der Waals surface area contributed by atoms with Gasteiger partial charge >= 0.3 is 18.1 Å². The van der Waals surface area contributed by atoms with E-state index in [2.05, 4.69) is 122 Å². The van der Waals surface area contributed by atoms with Gasteiger partial charge in [-0.1, -0.05) is 241 Å². The summed E-state index contributed by atoms with van der Waals surface area (Å²) in [5.74, 6) is 4.50. The van der Waals surface area contributed by atoms with Gasteiger partial charge in [-0.2, -0.15) is 13.2 Å². The summed E-state index contributed by atoms with van der Waals surface area (Å²) in [5, 5.41) is 1.93. The zero-order valence-electron chi connectivity index (χ0n) is 50.7. The lowest BCUT2D eigenvalue weighted by atomic mass is 9.92. The SMILES string of the molecule is CCCCCCCCCCCCCCC#C[C@H](C[C@H](O[Si](C)(C)C(C)(C)C)[C@@H]1CC[C@@H](CCCCC[C@H](CC2=C[C@H](C)OC2=O)O[Si](c2ccccc2)(c2ccccc2)C(C)(C)C)O1)OC(=O)[C@](OC)(c1ccccc1)C(F)(F)F. The van der Waals surface area contributed by atoms with Gasteiger partial charge in [-0.3, -0.25) is 0 Å². The topological polar surface area (TPSA) is 89.5 Å². The second kappa shape index (κ2) is 31.6. The van der Waals surface area contributed by atoms with Gasteiger partial charge in [-0.15, -0.1) is 0 Å². The molecule has 0 unspecified atom stereocenters. The van der Waals surface area contributed by atoms with Crippen LogP contribution >= 0.6 is 0 Å². The lowest BCUT2D eigenvalue weighted by Crippen LogP contribution is -2.67. The van der Waals surface area contributed by atoms with E-state index in [1.54, 1.807) is 6.07 Å². The number of rotatable bonds is 33. The first-order chi connectivity index (χ1) is 38.0. The zero-order chi connectivity index (χ0) is 58.5. The van der Waals surface area contributed by atoms with E-state index >= 15 is 13.2 Å². The molecular formula is C67H99F3O8Si2. The third-order valence-corrected chi connectivity index (χ3v) is 26.4. The molecule has 0 amide bonds. The zero-order valence-corrected chi connectivity index (χ0v) is 52.7. The van der Waals surface area contributed by atoms with Gasteiger partial charge in [0.15, 0.2) is 14.4 Å². The van der Waals surface area contributed by atoms with Crippen LogP contribution in [0.15, 0.2) is 103 Å². The van der Waals surface area contributed by atoms with Crippen molar-refractivity contribution in [3.05, 3.63) is 108 Å². The van der Waals surface area contributed by atoms with E-state index in [0.29, 0.717) is 24.8 Å². The maximum absolute atomic E-state index is 15.3. The summed E-state index contributed by atoms with van der Waals surface area (Å²) in [6.07, 6.45) is 15.2. The molecule has 2 heterocycles. The maximum atomic E-state index is 15.3. The number of ether oxygens (including phenoxy) is 4. The van der Waals surface area contributed by atoms with Crippen molar-refractivity contribution in [2.24, 2.45) is 0 Å². The normalized spacial score (nSPS) is 19.1. The number of hydrogen-bond acceptors (Lipinski definition) is 8. The molecule has 444 valence electrons. The molecule has 2 aliphatic heterocycles. The molecule has 8 nitrogen and oxygen atoms in total. The molecule has 13 heteroatoms. The number of carbonyl (C=O) groups is 2. The minimum absolute atomic E-state index is 0.0446. The highest BCUT2D eigenvalue weighted by atomic mass is 28.4. The molecule has 1 fully saturated rings. The number of cyclic esters (lactones) is 1. The first kappa shape index (κ1) is 66.8. The van der Waals surface area contributed by atoms with Crippen molar-refractivity contribution in [1.29, 1.82) is 0 Å². The molecule has 0 aromatic heterocycles. The summed E-state index contributed by atoms with van der Waals surface area (Å²) in [5.41, 5.74) is -3.07. The van der Waals surface area contributed by atoms with Gasteiger partial charge in [0, 0.05) is 37.5 Å². The third-order valence-electron chi connectivity index (χ3n) is 16.8. The Hall–Kier alpha value is -4.04. The lowest BCUT2D eigenvalue weighted by molar-refractivity contribution is -0.277. The second-order valence-electron chi connectivity index (χ2n) is 25.2. The summed E-state index contributed by atoms with van der Waals surface area (Å²) < 4.78 is 84.2. The highest BCUT2D eigenvalue weighted by Crippen LogP contribution is 2.45. The average molecular weight is 1150 g/mol. The van der Waals surface area contributed by atoms with Crippen LogP contribution in [0.4, 0.5) is 13.2 Å². The van der Waals surface area contributed by atoms with Crippen molar-refractivity contribution in [3.63, 3.8) is 0 Å². The number of esters is 2. The predicted molar refractivity (Wildman–Crippen MR) is 323 cm³/mol. The van der Waals surface area contributed by atoms with Crippen LogP contribution in [-0.4, -0.2) is 78.5 Å². The average Bonchev–Trinajstić information content (AvgIpc) is 4.03. The van der Waals surface area contributed by atoms with Gasteiger partial charge in [-0.25, -0.2) is 9.59 Å². The quantitative estimate of drug-likeness (QED) is 0.0258. The lowest BCUT2D eigenvalue weighted by Gasteiger charge is -2.45. The van der Waals surface area contributed by atoms with Crippen LogP contribution < -0.4 is 10.4 Å². The van der Waals surface area contributed by atoms with Crippen LogP contribution in [0.2, 0.25) is 23.2 Å². The molecule has 0 saturated carbocycles. The molecule has 3 aromatic rings. The standard InChI is InChI=1S/C67H99F3O8Si2/c1-12-13-14-15-16-17-18-19-20-21-22-23-24-31-41-56(76-63(72)66(73-9,67(68,69)70)54-38-29-25-30-39-54)51-61(78-79(10,11)64(3,4)5)60-48-47-55(75-60)40-32-26-33-42-57(50-53-49-52(2)74-62(53)71)77-80(65(6,7)8,58-43-34-27-35-44-58)59-45-36-28-37-46-59/h25,27-30,34-39,43-46,49,52,55-57,60-61H,12-24,26,32-33,40,42,47-48,50-51H2,1-11H3/t52-,55+,56+,57+,60-,61-,66+/m0/s1. The molecule has 1 saturated heterocycles. The minimum atomic E-state index is -5.14. The molecule has 7 atom stereocenters. The number of unbranched alkanes of at least 4 members (excludes halogenated alkanes) is 14. The minimum Gasteiger partial charge on any atom is -0.455 e. The number of benzene rings is 3. The van der Waals surface area contributed by atoms with Crippen molar-refractivity contribution in [2.45, 2.75) is 268 Å². The fourth-order valence-electron chi connectivity index (χ4n) is 11.3. The van der Waals surface area contributed by atoms with Crippen LogP contribution in [0.25, 0.3) is 0 Å². The monoisotopic (exact) mass is 1140 g/mol. The first-order valence-corrected chi connectivity index (χ1v) is 35.2. The Balaban J connectivity index is 1.30. The molecular weight excluding hydrogens is 1050 g/mol. The molecule has 0 spiro atoms. The number of alkyl halides is 3. The van der Waals surface area contributed by atoms with Crippen molar-refractivity contribution in [3.8, 4) is 11.8 Å². The number of halogens is 3. The third kappa shape index (κ3) is 18.7. The van der Waals surface area contributed by atoms with Gasteiger partial charge in [-0.05, 0) is 78.6 Å². The summed E-state index contributed by atoms with van der Waals surface area (Å²) in [6, 6.07) is 28.1. The Labute approximate surface area is 482 Å². The van der Waals surface area contributed by atoms with Crippen molar-refractivity contribution in [1.82, 2.24) is 0 Å². The van der Waals surface area contributed by atoms with Gasteiger partial charge in [0.2, 0.25) is 0 Å². The Morgan fingerprint density at radius 3 is 1.75 bits per heavy atom. The van der Waals surface area contributed by atoms with Crippen LogP contribution in [0, 0.1) is 11.8 Å². The number of carbonyl (C=O) groups excluding carboxylic acids is 2. The Bertz CT molecular complexity index is 2350. The van der Waals surface area contributed by atoms with Gasteiger partial charge in [0.1, 0.15) is 6.10 Å². The highest BCUT2D eigenvalue weighted by Gasteiger charge is 2.64. The van der Waals surface area contributed by atoms with E-state index in [0.717, 1.165) is 64.9 Å². The van der Waals surface area contributed by atoms with E-state index in [1.807, 2.05) is 25.1 Å². The smallest absolute Gasteiger partial charge is 0.432 e. The Kier molecular flexibility index (Phi) is 26.4. The molecule has 0 N–H and O–H groups in total. The number of methoxy groups -OCH3 is 1. The van der Waals surface area contributed by atoms with E-state index < -0.39 is 46.6 Å². The molecule has 0 aliphatic carbocycles. The Morgan fingerprint density at radius 2 is 1.25 bits per heavy atom. The van der Waals surface area contributed by atoms with Gasteiger partial charge < -0.3 is 27.8 Å². The van der Waals surface area contributed by atoms with E-state index in [9.17, 15) is 9.59 Å². The predicted octanol–water partition coefficient (Wildman–Crippen LogP) is 16.6. The van der Waals surface area contributed by atoms with Crippen LogP contribution in [-0.2, 0) is 43.0 Å². The molecule has 5 rings (SSSR count). The molecule has 3 aromatic carbocycles. The summed E-state index contributed by atoms with van der Waals surface area (Å²) in [6.45, 7) is 21.7. The molecule has 0 bridgehead atoms. The summed E-state index contributed by atoms with van der Waals surface area (Å²) in [7, 11) is -4.57. The van der Waals surface area contributed by atoms with Crippen LogP contribution in [0.3, 0.4) is 0 Å². The van der Waals surface area contributed by atoms with Crippen LogP contribution in [0.5, 0.6) is 0 Å². The first-order valence-electron chi connectivity index (χ1n) is 30.4. The highest BCUT2D eigenvalue weighted by molar-refractivity contribution is 6.99. The number of hydrogen-bond donors (Lipinski definition) is 0. The van der Waals surface area contributed by atoms with Gasteiger partial charge in [0.25, 0.3) is 13.9 Å². The van der Waals surface area contributed by atoms with E-state index in [1.165, 1.54) is 92.4 Å². The largest absolute Gasteiger partial charge is 0.455 e. The fraction of sp³-hybridized carbons (Fsp3) is 0.642. The van der Waals surface area contributed by atoms with Gasteiger partial charge in [0.05, 0.1) is 24.4 Å². The molecule has 2 aliphatic rings. The second-order valence-corrected chi connectivity index (χ2v) is 34.2. The van der Waals surface area contributed by atoms with Crippen molar-refractivity contribution < 1.29 is 50.6 Å². The summed E-state index contributed by atoms with van der Waals surface area (Å²) >= 11 is 0. The van der Waals surface area contributed by atoms with Crippen molar-refractivity contribution >= 4 is 38.9 Å². The van der Waals surface area contributed by atoms with Crippen LogP contribution in [0.1, 0.15) is 202 Å². The Morgan fingerprint density at radius 1 is 0.713 bits per heavy atom. The van der Waals surface area contributed by atoms with E-state index in [4.69, 9.17) is 27.8 Å². The van der Waals surface area contributed by atoms with Crippen molar-refractivity contribution in [2.75, 3.05) is 7.11 Å². The maximum Gasteiger partial charge on any atom is 0.432 e. The van der Waals surface area contributed by atoms with E-state index in [-0.39, 0.29) is 52.4 Å². The summed E-state index contributed by atoms with van der Waals surface area (Å²) in [4.78, 5) is 27.4. The molecule has 80 heavy (non-hydrogen) atoms. The fourth-order valence-corrected chi connectivity index (χ4v) is 17.4. The molecule has 0 radical (unpaired) electrons.